The van der Waals surface area contributed by atoms with E-state index in [1.54, 1.807) is 0 Å². The van der Waals surface area contributed by atoms with E-state index >= 15 is 0 Å². The van der Waals surface area contributed by atoms with Crippen molar-refractivity contribution in [1.82, 2.24) is 4.98 Å². The van der Waals surface area contributed by atoms with Gasteiger partial charge in [0.15, 0.2) is 0 Å². The highest BCUT2D eigenvalue weighted by atomic mass is 16.3. The monoisotopic (exact) mass is 206 g/mol. The summed E-state index contributed by atoms with van der Waals surface area (Å²) in [6, 6.07) is 2.06. The third-order valence-corrected chi connectivity index (χ3v) is 3.11. The zero-order chi connectivity index (χ0) is 10.7. The molecule has 1 fully saturated rings. The number of hydrogen-bond donors (Lipinski definition) is 1. The van der Waals surface area contributed by atoms with Crippen LogP contribution in [0, 0.1) is 12.8 Å². The van der Waals surface area contributed by atoms with Crippen LogP contribution in [0.15, 0.2) is 18.5 Å². The number of aryl methyl sites for hydroxylation is 1. The van der Waals surface area contributed by atoms with E-state index in [-0.39, 0.29) is 0 Å². The summed E-state index contributed by atoms with van der Waals surface area (Å²) in [6.45, 7) is 4.47. The Balaban J connectivity index is 2.13. The molecule has 1 aliphatic rings. The smallest absolute Gasteiger partial charge is 0.0476 e. The maximum atomic E-state index is 9.19. The lowest BCUT2D eigenvalue weighted by atomic mass is 9.98. The highest BCUT2D eigenvalue weighted by Gasteiger charge is 2.20. The topological polar surface area (TPSA) is 36.4 Å². The van der Waals surface area contributed by atoms with Gasteiger partial charge in [0.1, 0.15) is 0 Å². The molecule has 0 amide bonds. The van der Waals surface area contributed by atoms with Gasteiger partial charge in [-0.15, -0.1) is 0 Å². The predicted molar refractivity (Wildman–Crippen MR) is 61.0 cm³/mol. The Morgan fingerprint density at radius 1 is 1.60 bits per heavy atom. The molecule has 0 radical (unpaired) electrons. The van der Waals surface area contributed by atoms with Crippen molar-refractivity contribution >= 4 is 5.69 Å². The minimum absolute atomic E-state index is 0.306. The van der Waals surface area contributed by atoms with Gasteiger partial charge in [-0.3, -0.25) is 4.98 Å². The summed E-state index contributed by atoms with van der Waals surface area (Å²) < 4.78 is 0. The van der Waals surface area contributed by atoms with E-state index in [1.165, 1.54) is 17.7 Å². The Bertz CT molecular complexity index is 327. The summed E-state index contributed by atoms with van der Waals surface area (Å²) >= 11 is 0. The van der Waals surface area contributed by atoms with Gasteiger partial charge in [-0.25, -0.2) is 0 Å². The van der Waals surface area contributed by atoms with Crippen LogP contribution >= 0.6 is 0 Å². The lowest BCUT2D eigenvalue weighted by Gasteiger charge is -2.34. The molecule has 0 spiro atoms. The molecule has 0 aromatic carbocycles. The SMILES string of the molecule is Cc1cnccc1N1CCCC(CO)C1. The maximum Gasteiger partial charge on any atom is 0.0476 e. The second-order valence-electron chi connectivity index (χ2n) is 4.30. The molecule has 1 aliphatic heterocycles. The van der Waals surface area contributed by atoms with Crippen LogP contribution in [0.4, 0.5) is 5.69 Å². The first-order valence-electron chi connectivity index (χ1n) is 5.57. The van der Waals surface area contributed by atoms with Gasteiger partial charge >= 0.3 is 0 Å². The van der Waals surface area contributed by atoms with Gasteiger partial charge in [-0.2, -0.15) is 0 Å². The summed E-state index contributed by atoms with van der Waals surface area (Å²) in [5, 5.41) is 9.19. The molecular weight excluding hydrogens is 188 g/mol. The fourth-order valence-corrected chi connectivity index (χ4v) is 2.25. The largest absolute Gasteiger partial charge is 0.396 e. The van der Waals surface area contributed by atoms with Crippen molar-refractivity contribution in [3.63, 3.8) is 0 Å². The molecule has 3 heteroatoms. The summed E-state index contributed by atoms with van der Waals surface area (Å²) in [5.41, 5.74) is 2.49. The van der Waals surface area contributed by atoms with Crippen molar-refractivity contribution in [3.05, 3.63) is 24.0 Å². The molecule has 15 heavy (non-hydrogen) atoms. The van der Waals surface area contributed by atoms with Gasteiger partial charge in [0.05, 0.1) is 0 Å². The van der Waals surface area contributed by atoms with Crippen molar-refractivity contribution in [2.45, 2.75) is 19.8 Å². The standard InChI is InChI=1S/C12H18N2O/c1-10-7-13-5-4-12(10)14-6-2-3-11(8-14)9-15/h4-5,7,11,15H,2-3,6,8-9H2,1H3. The predicted octanol–water partition coefficient (Wildman–Crippen LogP) is 1.60. The number of nitrogens with zero attached hydrogens (tertiary/aromatic N) is 2. The Hall–Kier alpha value is -1.09. The van der Waals surface area contributed by atoms with Crippen molar-refractivity contribution in [1.29, 1.82) is 0 Å². The van der Waals surface area contributed by atoms with Crippen LogP contribution in [0.5, 0.6) is 0 Å². The molecule has 0 bridgehead atoms. The van der Waals surface area contributed by atoms with Gasteiger partial charge in [0.2, 0.25) is 0 Å². The molecule has 1 aromatic heterocycles. The number of aliphatic hydroxyl groups excluding tert-OH is 1. The first kappa shape index (κ1) is 10.4. The lowest BCUT2D eigenvalue weighted by molar-refractivity contribution is 0.208. The first-order chi connectivity index (χ1) is 7.31. The van der Waals surface area contributed by atoms with Crippen molar-refractivity contribution < 1.29 is 5.11 Å². The number of aromatic nitrogens is 1. The van der Waals surface area contributed by atoms with Crippen LogP contribution in [0.3, 0.4) is 0 Å². The van der Waals surface area contributed by atoms with Gasteiger partial charge in [-0.05, 0) is 37.3 Å². The number of rotatable bonds is 2. The molecule has 1 saturated heterocycles. The van der Waals surface area contributed by atoms with Crippen LogP contribution in [0.1, 0.15) is 18.4 Å². The van der Waals surface area contributed by atoms with Gasteiger partial charge in [0, 0.05) is 37.8 Å². The van der Waals surface area contributed by atoms with E-state index in [9.17, 15) is 5.11 Å². The van der Waals surface area contributed by atoms with Crippen LogP contribution in [-0.2, 0) is 0 Å². The summed E-state index contributed by atoms with van der Waals surface area (Å²) in [6.07, 6.45) is 6.06. The Morgan fingerprint density at radius 3 is 3.20 bits per heavy atom. The molecule has 1 unspecified atom stereocenters. The van der Waals surface area contributed by atoms with Gasteiger partial charge in [0.25, 0.3) is 0 Å². The number of piperidine rings is 1. The van der Waals surface area contributed by atoms with Crippen molar-refractivity contribution in [3.8, 4) is 0 Å². The van der Waals surface area contributed by atoms with Crippen LogP contribution in [-0.4, -0.2) is 29.8 Å². The zero-order valence-electron chi connectivity index (χ0n) is 9.19. The lowest BCUT2D eigenvalue weighted by Crippen LogP contribution is -2.37. The van der Waals surface area contributed by atoms with Crippen LogP contribution in [0.2, 0.25) is 0 Å². The summed E-state index contributed by atoms with van der Waals surface area (Å²) in [4.78, 5) is 6.47. The molecule has 2 heterocycles. The molecule has 1 atom stereocenters. The van der Waals surface area contributed by atoms with E-state index in [0.717, 1.165) is 19.5 Å². The average Bonchev–Trinajstić information content (AvgIpc) is 2.30. The summed E-state index contributed by atoms with van der Waals surface area (Å²) in [5.74, 6) is 0.436. The second kappa shape index (κ2) is 4.62. The second-order valence-corrected chi connectivity index (χ2v) is 4.30. The number of hydrogen-bond acceptors (Lipinski definition) is 3. The first-order valence-corrected chi connectivity index (χ1v) is 5.57. The number of aliphatic hydroxyl groups is 1. The fourth-order valence-electron chi connectivity index (χ4n) is 2.25. The third kappa shape index (κ3) is 2.29. The van der Waals surface area contributed by atoms with Gasteiger partial charge < -0.3 is 10.0 Å². The molecule has 1 N–H and O–H groups in total. The molecule has 0 aliphatic carbocycles. The van der Waals surface area contributed by atoms with E-state index in [1.807, 2.05) is 12.4 Å². The zero-order valence-corrected chi connectivity index (χ0v) is 9.19. The van der Waals surface area contributed by atoms with Crippen LogP contribution < -0.4 is 4.90 Å². The maximum absolute atomic E-state index is 9.19. The summed E-state index contributed by atoms with van der Waals surface area (Å²) in [7, 11) is 0. The van der Waals surface area contributed by atoms with E-state index in [4.69, 9.17) is 0 Å². The van der Waals surface area contributed by atoms with E-state index in [2.05, 4.69) is 22.9 Å². The number of anilines is 1. The fraction of sp³-hybridized carbons (Fsp3) is 0.583. The average molecular weight is 206 g/mol. The molecular formula is C12H18N2O. The minimum atomic E-state index is 0.306. The Morgan fingerprint density at radius 2 is 2.47 bits per heavy atom. The van der Waals surface area contributed by atoms with E-state index < -0.39 is 0 Å². The van der Waals surface area contributed by atoms with E-state index in [0.29, 0.717) is 12.5 Å². The molecule has 1 aromatic rings. The number of pyridine rings is 1. The Labute approximate surface area is 90.8 Å². The van der Waals surface area contributed by atoms with Crippen molar-refractivity contribution in [2.75, 3.05) is 24.6 Å². The minimum Gasteiger partial charge on any atom is -0.396 e. The van der Waals surface area contributed by atoms with Crippen LogP contribution in [0.25, 0.3) is 0 Å². The normalized spacial score (nSPS) is 21.7. The molecule has 82 valence electrons. The molecule has 3 nitrogen and oxygen atoms in total. The van der Waals surface area contributed by atoms with Crippen molar-refractivity contribution in [2.24, 2.45) is 5.92 Å². The molecule has 2 rings (SSSR count). The highest BCUT2D eigenvalue weighted by Crippen LogP contribution is 2.24. The Kier molecular flexibility index (Phi) is 3.21. The quantitative estimate of drug-likeness (QED) is 0.798. The third-order valence-electron chi connectivity index (χ3n) is 3.11. The molecule has 0 saturated carbocycles. The highest BCUT2D eigenvalue weighted by molar-refractivity contribution is 5.51. The van der Waals surface area contributed by atoms with Gasteiger partial charge in [-0.1, -0.05) is 0 Å².